The lowest BCUT2D eigenvalue weighted by molar-refractivity contribution is 0.252. The quantitative estimate of drug-likeness (QED) is 0.392. The Morgan fingerprint density at radius 1 is 0.900 bits per heavy atom. The van der Waals surface area contributed by atoms with Crippen molar-refractivity contribution in [3.63, 3.8) is 0 Å². The highest BCUT2D eigenvalue weighted by atomic mass is 16.5. The number of urea groups is 1. The SMILES string of the molecule is COc1ccc(N2C(=O)N(c3c(C)cccc3C)Cc3cnc(Cc4ccc(N5CCNCC5)nc4)nc32)nc1. The molecule has 10 heteroatoms. The van der Waals surface area contributed by atoms with Crippen LogP contribution in [0.1, 0.15) is 28.1 Å². The van der Waals surface area contributed by atoms with E-state index in [0.29, 0.717) is 36.2 Å². The number of nitrogens with one attached hydrogen (secondary N) is 1. The minimum Gasteiger partial charge on any atom is -0.495 e. The zero-order valence-electron chi connectivity index (χ0n) is 23.0. The minimum atomic E-state index is -0.214. The molecule has 0 spiro atoms. The minimum absolute atomic E-state index is 0.214. The molecule has 0 radical (unpaired) electrons. The molecule has 2 amide bonds. The number of aryl methyl sites for hydroxylation is 2. The molecule has 4 aromatic rings. The number of hydrogen-bond donors (Lipinski definition) is 1. The molecule has 0 bridgehead atoms. The van der Waals surface area contributed by atoms with Gasteiger partial charge in [0.15, 0.2) is 5.82 Å². The summed E-state index contributed by atoms with van der Waals surface area (Å²) >= 11 is 0. The molecule has 0 saturated carbocycles. The van der Waals surface area contributed by atoms with Crippen molar-refractivity contribution in [2.75, 3.05) is 48.0 Å². The van der Waals surface area contributed by atoms with Crippen molar-refractivity contribution in [1.82, 2.24) is 25.3 Å². The number of carbonyl (C=O) groups excluding carboxylic acids is 1. The van der Waals surface area contributed by atoms with Crippen LogP contribution in [-0.2, 0) is 13.0 Å². The number of amides is 2. The molecular weight excluding hydrogens is 504 g/mol. The van der Waals surface area contributed by atoms with Crippen molar-refractivity contribution < 1.29 is 9.53 Å². The van der Waals surface area contributed by atoms with Crippen LogP contribution in [0, 0.1) is 13.8 Å². The van der Waals surface area contributed by atoms with E-state index in [2.05, 4.69) is 32.3 Å². The van der Waals surface area contributed by atoms with Gasteiger partial charge < -0.3 is 15.0 Å². The zero-order chi connectivity index (χ0) is 27.6. The van der Waals surface area contributed by atoms with Crippen LogP contribution in [0.2, 0.25) is 0 Å². The van der Waals surface area contributed by atoms with Gasteiger partial charge in [-0.3, -0.25) is 4.90 Å². The van der Waals surface area contributed by atoms with Crippen molar-refractivity contribution in [1.29, 1.82) is 0 Å². The molecule has 40 heavy (non-hydrogen) atoms. The lowest BCUT2D eigenvalue weighted by Gasteiger charge is -2.36. The van der Waals surface area contributed by atoms with E-state index in [1.54, 1.807) is 35.2 Å². The molecule has 6 rings (SSSR count). The van der Waals surface area contributed by atoms with Crippen LogP contribution in [0.5, 0.6) is 5.75 Å². The predicted molar refractivity (Wildman–Crippen MR) is 155 cm³/mol. The average molecular weight is 537 g/mol. The van der Waals surface area contributed by atoms with Gasteiger partial charge in [0.25, 0.3) is 0 Å². The van der Waals surface area contributed by atoms with Gasteiger partial charge >= 0.3 is 6.03 Å². The first-order valence-corrected chi connectivity index (χ1v) is 13.4. The van der Waals surface area contributed by atoms with Gasteiger partial charge in [0.05, 0.1) is 25.5 Å². The normalized spacial score (nSPS) is 15.3. The molecule has 5 heterocycles. The Labute approximate surface area is 233 Å². The molecule has 0 atom stereocenters. The third-order valence-corrected chi connectivity index (χ3v) is 7.36. The molecule has 0 unspecified atom stereocenters. The monoisotopic (exact) mass is 536 g/mol. The first-order valence-electron chi connectivity index (χ1n) is 13.4. The van der Waals surface area contributed by atoms with E-state index < -0.39 is 0 Å². The van der Waals surface area contributed by atoms with Crippen molar-refractivity contribution in [3.8, 4) is 5.75 Å². The summed E-state index contributed by atoms with van der Waals surface area (Å²) in [6.45, 7) is 8.22. The van der Waals surface area contributed by atoms with Crippen molar-refractivity contribution in [3.05, 3.63) is 89.1 Å². The summed E-state index contributed by atoms with van der Waals surface area (Å²) in [5.74, 6) is 3.21. The van der Waals surface area contributed by atoms with Crippen molar-refractivity contribution >= 4 is 29.2 Å². The fraction of sp³-hybridized carbons (Fsp3) is 0.300. The molecule has 0 aliphatic carbocycles. The number of nitrogens with zero attached hydrogens (tertiary/aromatic N) is 7. The third-order valence-electron chi connectivity index (χ3n) is 7.36. The van der Waals surface area contributed by atoms with Crippen LogP contribution in [0.4, 0.5) is 27.9 Å². The molecule has 1 saturated heterocycles. The fourth-order valence-electron chi connectivity index (χ4n) is 5.30. The Balaban J connectivity index is 1.34. The average Bonchev–Trinajstić information content (AvgIpc) is 2.98. The molecular formula is C30H32N8O2. The van der Waals surface area contributed by atoms with Crippen LogP contribution < -0.4 is 24.8 Å². The summed E-state index contributed by atoms with van der Waals surface area (Å²) in [6, 6.07) is 13.5. The number of ether oxygens (including phenoxy) is 1. The highest BCUT2D eigenvalue weighted by Crippen LogP contribution is 2.37. The van der Waals surface area contributed by atoms with Crippen LogP contribution in [0.15, 0.2) is 61.1 Å². The lowest BCUT2D eigenvalue weighted by atomic mass is 10.1. The zero-order valence-corrected chi connectivity index (χ0v) is 23.0. The van der Waals surface area contributed by atoms with Gasteiger partial charge in [-0.25, -0.2) is 29.6 Å². The van der Waals surface area contributed by atoms with E-state index in [1.807, 2.05) is 44.4 Å². The van der Waals surface area contributed by atoms with Gasteiger partial charge in [0.2, 0.25) is 0 Å². The molecule has 204 valence electrons. The van der Waals surface area contributed by atoms with Crippen LogP contribution in [0.25, 0.3) is 0 Å². The lowest BCUT2D eigenvalue weighted by Crippen LogP contribution is -2.46. The standard InChI is InChI=1S/C30H32N8O2/c1-20-5-4-6-21(2)28(20)37-19-23-17-32-25(15-22-7-9-26(33-16-22)36-13-11-31-12-14-36)35-29(23)38(30(37)39)27-10-8-24(40-3)18-34-27/h4-10,16-18,31H,11-15,19H2,1-3H3. The number of methoxy groups -OCH3 is 1. The van der Waals surface area contributed by atoms with Gasteiger partial charge in [-0.1, -0.05) is 24.3 Å². The Hall–Kier alpha value is -4.57. The maximum atomic E-state index is 14.1. The van der Waals surface area contributed by atoms with Gasteiger partial charge in [-0.15, -0.1) is 0 Å². The second-order valence-electron chi connectivity index (χ2n) is 10.1. The fourth-order valence-corrected chi connectivity index (χ4v) is 5.30. The Morgan fingerprint density at radius 3 is 2.33 bits per heavy atom. The van der Waals surface area contributed by atoms with Crippen molar-refractivity contribution in [2.45, 2.75) is 26.8 Å². The van der Waals surface area contributed by atoms with Crippen molar-refractivity contribution in [2.24, 2.45) is 0 Å². The third kappa shape index (κ3) is 4.93. The maximum Gasteiger partial charge on any atom is 0.336 e. The second kappa shape index (κ2) is 10.9. The number of carbonyl (C=O) groups is 1. The summed E-state index contributed by atoms with van der Waals surface area (Å²) in [4.78, 5) is 38.5. The Morgan fingerprint density at radius 2 is 1.65 bits per heavy atom. The number of hydrogen-bond acceptors (Lipinski definition) is 8. The van der Waals surface area contributed by atoms with Gasteiger partial charge in [0, 0.05) is 50.6 Å². The number of fused-ring (bicyclic) bond motifs is 1. The Bertz CT molecular complexity index is 1500. The van der Waals surface area contributed by atoms with E-state index in [0.717, 1.165) is 59.9 Å². The highest BCUT2D eigenvalue weighted by molar-refractivity contribution is 6.10. The molecule has 1 aromatic carbocycles. The topological polar surface area (TPSA) is 99.6 Å². The number of aromatic nitrogens is 4. The molecule has 1 N–H and O–H groups in total. The number of benzene rings is 1. The number of para-hydroxylation sites is 1. The van der Waals surface area contributed by atoms with Gasteiger partial charge in [-0.05, 0) is 48.7 Å². The summed E-state index contributed by atoms with van der Waals surface area (Å²) in [7, 11) is 1.59. The van der Waals surface area contributed by atoms with Gasteiger partial charge in [-0.2, -0.15) is 0 Å². The number of anilines is 4. The first-order chi connectivity index (χ1) is 19.5. The van der Waals surface area contributed by atoms with E-state index in [1.165, 1.54) is 0 Å². The molecule has 3 aromatic heterocycles. The molecule has 1 fully saturated rings. The van der Waals surface area contributed by atoms with E-state index in [4.69, 9.17) is 14.7 Å². The summed E-state index contributed by atoms with van der Waals surface area (Å²) < 4.78 is 5.29. The predicted octanol–water partition coefficient (Wildman–Crippen LogP) is 4.17. The maximum absolute atomic E-state index is 14.1. The van der Waals surface area contributed by atoms with Crippen LogP contribution >= 0.6 is 0 Å². The van der Waals surface area contributed by atoms with E-state index in [-0.39, 0.29) is 6.03 Å². The van der Waals surface area contributed by atoms with Crippen LogP contribution in [0.3, 0.4) is 0 Å². The largest absolute Gasteiger partial charge is 0.495 e. The highest BCUT2D eigenvalue weighted by Gasteiger charge is 2.36. The number of piperazine rings is 1. The van der Waals surface area contributed by atoms with Gasteiger partial charge in [0.1, 0.15) is 23.2 Å². The van der Waals surface area contributed by atoms with Crippen LogP contribution in [-0.4, -0.2) is 59.3 Å². The first kappa shape index (κ1) is 25.7. The summed E-state index contributed by atoms with van der Waals surface area (Å²) in [6.07, 6.45) is 5.81. The van der Waals surface area contributed by atoms with E-state index in [9.17, 15) is 4.79 Å². The molecule has 10 nitrogen and oxygen atoms in total. The number of pyridine rings is 2. The smallest absolute Gasteiger partial charge is 0.336 e. The molecule has 2 aliphatic rings. The molecule has 2 aliphatic heterocycles. The summed E-state index contributed by atoms with van der Waals surface area (Å²) in [5.41, 5.74) is 4.78. The second-order valence-corrected chi connectivity index (χ2v) is 10.1. The number of rotatable bonds is 6. The summed E-state index contributed by atoms with van der Waals surface area (Å²) in [5, 5.41) is 3.37. The van der Waals surface area contributed by atoms with E-state index >= 15 is 0 Å². The Kier molecular flexibility index (Phi) is 7.00.